The number of carbonyl (C=O) groups excluding carboxylic acids is 1. The van der Waals surface area contributed by atoms with Gasteiger partial charge in [0.05, 0.1) is 19.3 Å². The molecule has 1 aliphatic rings. The van der Waals surface area contributed by atoms with Crippen LogP contribution >= 0.6 is 0 Å². The largest absolute Gasteiger partial charge is 0.496 e. The lowest BCUT2D eigenvalue weighted by atomic mass is 10.1. The highest BCUT2D eigenvalue weighted by Gasteiger charge is 2.28. The molecule has 3 heterocycles. The summed E-state index contributed by atoms with van der Waals surface area (Å²) in [5, 5.41) is 7.20. The van der Waals surface area contributed by atoms with E-state index in [9.17, 15) is 4.79 Å². The van der Waals surface area contributed by atoms with Crippen molar-refractivity contribution in [1.82, 2.24) is 25.1 Å². The summed E-state index contributed by atoms with van der Waals surface area (Å²) in [5.74, 6) is 1.75. The van der Waals surface area contributed by atoms with Crippen LogP contribution in [0.2, 0.25) is 0 Å². The zero-order valence-electron chi connectivity index (χ0n) is 17.9. The number of H-pyrrole nitrogens is 1. The Morgan fingerprint density at radius 1 is 1.23 bits per heavy atom. The van der Waals surface area contributed by atoms with Crippen molar-refractivity contribution in [1.29, 1.82) is 0 Å². The molecule has 0 aliphatic carbocycles. The lowest BCUT2D eigenvalue weighted by Gasteiger charge is -2.32. The molecule has 1 atom stereocenters. The van der Waals surface area contributed by atoms with Gasteiger partial charge in [0.15, 0.2) is 5.82 Å². The molecule has 162 valence electrons. The third-order valence-electron chi connectivity index (χ3n) is 5.21. The molecular weight excluding hydrogens is 396 g/mol. The number of nitrogens with zero attached hydrogens (tertiary/aromatic N) is 5. The number of carbonyl (C=O) groups is 1. The molecule has 0 bridgehead atoms. The molecule has 1 aliphatic heterocycles. The number of hydrogen-bond acceptors (Lipinski definition) is 7. The van der Waals surface area contributed by atoms with Gasteiger partial charge in [-0.3, -0.25) is 9.89 Å². The first-order chi connectivity index (χ1) is 15.1. The molecule has 2 aromatic heterocycles. The Labute approximate surface area is 181 Å². The van der Waals surface area contributed by atoms with E-state index in [2.05, 4.69) is 20.2 Å². The van der Waals surface area contributed by atoms with E-state index >= 15 is 0 Å². The normalized spacial score (nSPS) is 16.1. The van der Waals surface area contributed by atoms with Crippen LogP contribution in [0.15, 0.2) is 42.7 Å². The van der Waals surface area contributed by atoms with E-state index in [0.29, 0.717) is 41.9 Å². The lowest BCUT2D eigenvalue weighted by Crippen LogP contribution is -2.44. The quantitative estimate of drug-likeness (QED) is 0.652. The van der Waals surface area contributed by atoms with Crippen LogP contribution in [-0.4, -0.2) is 71.4 Å². The molecule has 9 heteroatoms. The van der Waals surface area contributed by atoms with Crippen molar-refractivity contribution in [2.45, 2.75) is 18.9 Å². The average Bonchev–Trinajstić information content (AvgIpc) is 3.29. The van der Waals surface area contributed by atoms with Crippen molar-refractivity contribution >= 4 is 11.7 Å². The predicted molar refractivity (Wildman–Crippen MR) is 116 cm³/mol. The number of aromatic amines is 1. The minimum atomic E-state index is -0.148. The Morgan fingerprint density at radius 3 is 2.84 bits per heavy atom. The van der Waals surface area contributed by atoms with Gasteiger partial charge in [-0.15, -0.1) is 0 Å². The summed E-state index contributed by atoms with van der Waals surface area (Å²) in [6.07, 6.45) is 4.79. The smallest absolute Gasteiger partial charge is 0.272 e. The second-order valence-electron chi connectivity index (χ2n) is 7.58. The molecule has 0 radical (unpaired) electrons. The summed E-state index contributed by atoms with van der Waals surface area (Å²) in [6.45, 7) is 1.15. The van der Waals surface area contributed by atoms with Gasteiger partial charge in [0.2, 0.25) is 0 Å². The van der Waals surface area contributed by atoms with Gasteiger partial charge in [0.1, 0.15) is 17.5 Å². The molecule has 1 aromatic carbocycles. The van der Waals surface area contributed by atoms with Gasteiger partial charge in [-0.2, -0.15) is 5.10 Å². The van der Waals surface area contributed by atoms with Crippen molar-refractivity contribution in [2.75, 3.05) is 39.2 Å². The number of rotatable bonds is 6. The first kappa shape index (κ1) is 20.6. The van der Waals surface area contributed by atoms with Gasteiger partial charge in [-0.25, -0.2) is 9.97 Å². The van der Waals surface area contributed by atoms with Crippen LogP contribution in [0.5, 0.6) is 11.6 Å². The van der Waals surface area contributed by atoms with Gasteiger partial charge >= 0.3 is 0 Å². The number of aromatic nitrogens is 4. The SMILES string of the molecule is COc1ccccc1-c1cc(C(=O)N2CCCC(Oc3nccnc3N(C)C)C2)[nH]n1. The Bertz CT molecular complexity index is 1050. The Hall–Kier alpha value is -3.62. The molecule has 3 aromatic rings. The molecule has 1 unspecified atom stereocenters. The summed E-state index contributed by atoms with van der Waals surface area (Å²) in [4.78, 5) is 25.4. The molecule has 1 N–H and O–H groups in total. The molecule has 0 spiro atoms. The van der Waals surface area contributed by atoms with Crippen molar-refractivity contribution < 1.29 is 14.3 Å². The highest BCUT2D eigenvalue weighted by atomic mass is 16.5. The fourth-order valence-corrected chi connectivity index (χ4v) is 3.68. The number of para-hydroxylation sites is 1. The topological polar surface area (TPSA) is 96.5 Å². The Morgan fingerprint density at radius 2 is 2.03 bits per heavy atom. The van der Waals surface area contributed by atoms with Gasteiger partial charge < -0.3 is 19.3 Å². The first-order valence-electron chi connectivity index (χ1n) is 10.2. The van der Waals surface area contributed by atoms with Crippen molar-refractivity contribution in [2.24, 2.45) is 0 Å². The van der Waals surface area contributed by atoms with E-state index in [1.54, 1.807) is 30.5 Å². The maximum Gasteiger partial charge on any atom is 0.272 e. The zero-order chi connectivity index (χ0) is 21.8. The zero-order valence-corrected chi connectivity index (χ0v) is 17.9. The van der Waals surface area contributed by atoms with Gasteiger partial charge in [-0.1, -0.05) is 12.1 Å². The summed E-state index contributed by atoms with van der Waals surface area (Å²) in [6, 6.07) is 9.35. The predicted octanol–water partition coefficient (Wildman–Crippen LogP) is 2.62. The third-order valence-corrected chi connectivity index (χ3v) is 5.21. The fraction of sp³-hybridized carbons (Fsp3) is 0.364. The van der Waals surface area contributed by atoms with Crippen LogP contribution < -0.4 is 14.4 Å². The molecule has 1 saturated heterocycles. The van der Waals surface area contributed by atoms with Crippen LogP contribution in [0, 0.1) is 0 Å². The van der Waals surface area contributed by atoms with Crippen LogP contribution in [0.25, 0.3) is 11.3 Å². The van der Waals surface area contributed by atoms with Gasteiger partial charge in [-0.05, 0) is 31.0 Å². The molecular formula is C22H26N6O3. The van der Waals surface area contributed by atoms with Gasteiger partial charge in [0, 0.05) is 38.6 Å². The summed E-state index contributed by atoms with van der Waals surface area (Å²) in [5.41, 5.74) is 1.94. The molecule has 1 fully saturated rings. The van der Waals surface area contributed by atoms with Crippen molar-refractivity contribution in [3.05, 3.63) is 48.4 Å². The van der Waals surface area contributed by atoms with Crippen molar-refractivity contribution in [3.8, 4) is 22.9 Å². The number of ether oxygens (including phenoxy) is 2. The van der Waals surface area contributed by atoms with E-state index in [1.165, 1.54) is 0 Å². The average molecular weight is 422 g/mol. The second kappa shape index (κ2) is 9.03. The second-order valence-corrected chi connectivity index (χ2v) is 7.58. The van der Waals surface area contributed by atoms with E-state index in [-0.39, 0.29) is 12.0 Å². The van der Waals surface area contributed by atoms with Crippen LogP contribution in [0.4, 0.5) is 5.82 Å². The minimum Gasteiger partial charge on any atom is -0.496 e. The standard InChI is InChI=1S/C22H26N6O3/c1-27(2)20-21(24-11-10-23-20)31-15-7-6-12-28(14-15)22(29)18-13-17(25-26-18)16-8-4-5-9-19(16)30-3/h4-5,8-11,13,15H,6-7,12,14H2,1-3H3,(H,25,26). The minimum absolute atomic E-state index is 0.103. The Kier molecular flexibility index (Phi) is 6.01. The fourth-order valence-electron chi connectivity index (χ4n) is 3.68. The van der Waals surface area contributed by atoms with E-state index in [4.69, 9.17) is 9.47 Å². The Balaban J connectivity index is 1.47. The number of benzene rings is 1. The molecule has 31 heavy (non-hydrogen) atoms. The third kappa shape index (κ3) is 4.45. The number of amides is 1. The highest BCUT2D eigenvalue weighted by Crippen LogP contribution is 2.29. The molecule has 4 rings (SSSR count). The van der Waals surface area contributed by atoms with Crippen LogP contribution in [-0.2, 0) is 0 Å². The summed E-state index contributed by atoms with van der Waals surface area (Å²) in [7, 11) is 5.40. The van der Waals surface area contributed by atoms with E-state index in [1.807, 2.05) is 43.3 Å². The number of methoxy groups -OCH3 is 1. The number of nitrogens with one attached hydrogen (secondary N) is 1. The molecule has 9 nitrogen and oxygen atoms in total. The number of likely N-dealkylation sites (tertiary alicyclic amines) is 1. The lowest BCUT2D eigenvalue weighted by molar-refractivity contribution is 0.0523. The van der Waals surface area contributed by atoms with Crippen LogP contribution in [0.3, 0.4) is 0 Å². The monoisotopic (exact) mass is 422 g/mol. The van der Waals surface area contributed by atoms with E-state index in [0.717, 1.165) is 18.4 Å². The number of anilines is 1. The number of piperidine rings is 1. The first-order valence-corrected chi connectivity index (χ1v) is 10.2. The summed E-state index contributed by atoms with van der Waals surface area (Å²) < 4.78 is 11.5. The molecule has 0 saturated carbocycles. The number of hydrogen-bond donors (Lipinski definition) is 1. The van der Waals surface area contributed by atoms with Crippen LogP contribution in [0.1, 0.15) is 23.3 Å². The maximum absolute atomic E-state index is 13.1. The maximum atomic E-state index is 13.1. The van der Waals surface area contributed by atoms with Gasteiger partial charge in [0.25, 0.3) is 11.8 Å². The molecule has 1 amide bonds. The van der Waals surface area contributed by atoms with Crippen molar-refractivity contribution in [3.63, 3.8) is 0 Å². The summed E-state index contributed by atoms with van der Waals surface area (Å²) >= 11 is 0. The highest BCUT2D eigenvalue weighted by molar-refractivity contribution is 5.93. The van der Waals surface area contributed by atoms with E-state index < -0.39 is 0 Å².